The predicted molar refractivity (Wildman–Crippen MR) is 283 cm³/mol. The van der Waals surface area contributed by atoms with Crippen molar-refractivity contribution < 1.29 is 38.4 Å². The Labute approximate surface area is 438 Å². The second kappa shape index (κ2) is 28.6. The molecule has 2 aliphatic rings. The second-order valence-electron chi connectivity index (χ2n) is 19.6. The Hall–Kier alpha value is -6.27. The molecule has 5 aromatic rings. The summed E-state index contributed by atoms with van der Waals surface area (Å²) in [5.41, 5.74) is 10.0. The van der Waals surface area contributed by atoms with Gasteiger partial charge in [0.25, 0.3) is 11.5 Å². The average molecular weight is 1040 g/mol. The van der Waals surface area contributed by atoms with Crippen LogP contribution in [0.1, 0.15) is 86.1 Å². The number of fused-ring (bicyclic) bond motifs is 1. The molecule has 0 spiro atoms. The standard InChI is InChI=1S/C53H75N13O9/c1-36(2)30-45(58-51(70)48(68)44(54)31-39-10-6-5-7-11-39)50(69)55-16-22-72-24-26-74-28-29-75-27-25-73-23-21-65-35-40(61-62-65)34-63-17-19-64(20-18-63)42-14-15-46(56-32-42)59-53-57-33-43-37(3)47(38(4)67)52(71)66(49(43)60-53)41-12-8-9-13-41/h5-7,10-11,14-15,32-33,35-36,41,44-45,48,68H,8-9,12-13,16-31,34,54H2,1-4H3,(H,55,69)(H,58,70)(H,56,57,59,60). The maximum Gasteiger partial charge on any atom is 0.263 e. The molecule has 2 fully saturated rings. The van der Waals surface area contributed by atoms with Gasteiger partial charge in [0.15, 0.2) is 5.78 Å². The number of aryl methyl sites for hydroxylation is 1. The van der Waals surface area contributed by atoms with Gasteiger partial charge in [-0.15, -0.1) is 5.10 Å². The minimum absolute atomic E-state index is 0.00302. The highest BCUT2D eigenvalue weighted by atomic mass is 16.6. The van der Waals surface area contributed by atoms with Crippen LogP contribution >= 0.6 is 0 Å². The van der Waals surface area contributed by atoms with Gasteiger partial charge in [-0.25, -0.2) is 14.6 Å². The third-order valence-electron chi connectivity index (χ3n) is 13.4. The van der Waals surface area contributed by atoms with Crippen LogP contribution in [-0.2, 0) is 48.0 Å². The normalized spacial score (nSPS) is 15.6. The molecule has 5 heterocycles. The zero-order valence-electron chi connectivity index (χ0n) is 43.8. The Bertz CT molecular complexity index is 2650. The number of ketones is 1. The van der Waals surface area contributed by atoms with Crippen LogP contribution in [0.25, 0.3) is 11.0 Å². The van der Waals surface area contributed by atoms with Crippen molar-refractivity contribution in [1.82, 2.24) is 50.0 Å². The second-order valence-corrected chi connectivity index (χ2v) is 19.6. The zero-order valence-corrected chi connectivity index (χ0v) is 43.8. The Morgan fingerprint density at radius 1 is 0.853 bits per heavy atom. The number of aliphatic hydroxyl groups excluding tert-OH is 1. The van der Waals surface area contributed by atoms with E-state index < -0.39 is 24.1 Å². The molecular weight excluding hydrogens is 963 g/mol. The first-order valence-electron chi connectivity index (χ1n) is 26.2. The summed E-state index contributed by atoms with van der Waals surface area (Å²) < 4.78 is 26.0. The number of nitrogens with one attached hydrogen (secondary N) is 3. The molecular formula is C53H75N13O9. The lowest BCUT2D eigenvalue weighted by molar-refractivity contribution is -0.135. The van der Waals surface area contributed by atoms with E-state index in [-0.39, 0.29) is 47.9 Å². The van der Waals surface area contributed by atoms with E-state index in [4.69, 9.17) is 29.7 Å². The van der Waals surface area contributed by atoms with E-state index >= 15 is 0 Å². The molecule has 6 N–H and O–H groups in total. The first-order chi connectivity index (χ1) is 36.3. The van der Waals surface area contributed by atoms with Crippen LogP contribution in [0.3, 0.4) is 0 Å². The summed E-state index contributed by atoms with van der Waals surface area (Å²) in [7, 11) is 0. The number of benzene rings is 1. The van der Waals surface area contributed by atoms with Gasteiger partial charge in [0.05, 0.1) is 82.5 Å². The van der Waals surface area contributed by atoms with E-state index in [1.165, 1.54) is 6.92 Å². The van der Waals surface area contributed by atoms with Crippen molar-refractivity contribution in [2.45, 2.75) is 104 Å². The van der Waals surface area contributed by atoms with Crippen LogP contribution in [0.5, 0.6) is 0 Å². The first kappa shape index (κ1) is 56.5. The van der Waals surface area contributed by atoms with E-state index in [1.807, 2.05) is 68.7 Å². The van der Waals surface area contributed by atoms with Crippen LogP contribution in [0.2, 0.25) is 0 Å². The van der Waals surface area contributed by atoms with Crippen molar-refractivity contribution in [1.29, 1.82) is 0 Å². The topological polar surface area (TPSA) is 268 Å². The Morgan fingerprint density at radius 2 is 1.53 bits per heavy atom. The number of pyridine rings is 2. The van der Waals surface area contributed by atoms with Gasteiger partial charge in [-0.1, -0.05) is 62.2 Å². The number of piperazine rings is 1. The summed E-state index contributed by atoms with van der Waals surface area (Å²) >= 11 is 0. The highest BCUT2D eigenvalue weighted by Crippen LogP contribution is 2.32. The first-order valence-corrected chi connectivity index (χ1v) is 26.2. The van der Waals surface area contributed by atoms with E-state index in [2.05, 4.69) is 46.0 Å². The number of carbonyl (C=O) groups is 3. The summed E-state index contributed by atoms with van der Waals surface area (Å²) in [6, 6.07) is 11.7. The van der Waals surface area contributed by atoms with Gasteiger partial charge in [0, 0.05) is 69.1 Å². The highest BCUT2D eigenvalue weighted by molar-refractivity contribution is 5.99. The molecule has 3 unspecified atom stereocenters. The quantitative estimate of drug-likeness (QED) is 0.0327. The van der Waals surface area contributed by atoms with Crippen LogP contribution in [0.4, 0.5) is 17.5 Å². The van der Waals surface area contributed by atoms with E-state index in [1.54, 1.807) is 22.4 Å². The number of nitrogens with zero attached hydrogens (tertiary/aromatic N) is 9. The fraction of sp³-hybridized carbons (Fsp3) is 0.566. The maximum absolute atomic E-state index is 13.6. The molecule has 406 valence electrons. The minimum Gasteiger partial charge on any atom is -0.382 e. The number of ether oxygens (including phenoxy) is 4. The largest absolute Gasteiger partial charge is 0.382 e. The van der Waals surface area contributed by atoms with Crippen LogP contribution in [0.15, 0.2) is 65.8 Å². The molecule has 0 radical (unpaired) electrons. The lowest BCUT2D eigenvalue weighted by atomic mass is 10.00. The number of amides is 2. The highest BCUT2D eigenvalue weighted by Gasteiger charge is 2.29. The molecule has 22 heteroatoms. The third-order valence-corrected chi connectivity index (χ3v) is 13.4. The van der Waals surface area contributed by atoms with Crippen molar-refractivity contribution in [3.8, 4) is 0 Å². The molecule has 22 nitrogen and oxygen atoms in total. The average Bonchev–Trinajstić information content (AvgIpc) is 4.10. The van der Waals surface area contributed by atoms with Crippen molar-refractivity contribution in [3.05, 3.63) is 93.8 Å². The van der Waals surface area contributed by atoms with E-state index in [0.717, 1.165) is 68.8 Å². The summed E-state index contributed by atoms with van der Waals surface area (Å²) in [6.07, 6.45) is 8.59. The maximum atomic E-state index is 13.6. The van der Waals surface area contributed by atoms with Crippen LogP contribution in [0, 0.1) is 12.8 Å². The fourth-order valence-corrected chi connectivity index (χ4v) is 9.43. The van der Waals surface area contributed by atoms with E-state index in [9.17, 15) is 24.3 Å². The van der Waals surface area contributed by atoms with Gasteiger partial charge in [0.2, 0.25) is 11.9 Å². The molecule has 1 aromatic carbocycles. The Kier molecular flexibility index (Phi) is 21.5. The predicted octanol–water partition coefficient (Wildman–Crippen LogP) is 3.11. The number of aromatic nitrogens is 7. The summed E-state index contributed by atoms with van der Waals surface area (Å²) in [6.45, 7) is 15.2. The van der Waals surface area contributed by atoms with Gasteiger partial charge in [-0.2, -0.15) is 4.98 Å². The third kappa shape index (κ3) is 16.6. The summed E-state index contributed by atoms with van der Waals surface area (Å²) in [5, 5.41) is 28.6. The van der Waals surface area contributed by atoms with Gasteiger partial charge >= 0.3 is 0 Å². The smallest absolute Gasteiger partial charge is 0.263 e. The van der Waals surface area contributed by atoms with Crippen molar-refractivity contribution in [2.24, 2.45) is 11.7 Å². The van der Waals surface area contributed by atoms with Crippen molar-refractivity contribution in [3.63, 3.8) is 0 Å². The lowest BCUT2D eigenvalue weighted by Crippen LogP contribution is -2.54. The number of hydrogen-bond donors (Lipinski definition) is 5. The van der Waals surface area contributed by atoms with Crippen LogP contribution in [-0.4, -0.2) is 166 Å². The van der Waals surface area contributed by atoms with Gasteiger partial charge < -0.3 is 50.6 Å². The lowest BCUT2D eigenvalue weighted by Gasteiger charge is -2.35. The number of anilines is 3. The monoisotopic (exact) mass is 1040 g/mol. The molecule has 1 saturated heterocycles. The minimum atomic E-state index is -1.46. The molecule has 7 rings (SSSR count). The molecule has 1 aliphatic heterocycles. The number of rotatable bonds is 30. The molecule has 1 aliphatic carbocycles. The van der Waals surface area contributed by atoms with E-state index in [0.29, 0.717) is 101 Å². The van der Waals surface area contributed by atoms with Gasteiger partial charge in [-0.05, 0) is 68.7 Å². The number of carbonyl (C=O) groups excluding carboxylic acids is 3. The Morgan fingerprint density at radius 3 is 2.19 bits per heavy atom. The number of nitrogens with two attached hydrogens (primary N) is 1. The molecule has 0 bridgehead atoms. The van der Waals surface area contributed by atoms with Crippen molar-refractivity contribution in [2.75, 3.05) is 95.8 Å². The zero-order chi connectivity index (χ0) is 53.1. The molecule has 4 aromatic heterocycles. The SMILES string of the molecule is CC(=O)c1c(C)c2cnc(Nc3ccc(N4CCN(Cc5cn(CCOCCOCCOCCOCCNC(=O)C(CC(C)C)NC(=O)C(O)C(N)Cc6ccccc6)nn5)CC4)cn3)nc2n(C2CCCC2)c1=O. The fourth-order valence-electron chi connectivity index (χ4n) is 9.43. The molecule has 1 saturated carbocycles. The van der Waals surface area contributed by atoms with Gasteiger partial charge in [0.1, 0.15) is 23.6 Å². The molecule has 3 atom stereocenters. The van der Waals surface area contributed by atoms with Crippen LogP contribution < -0.4 is 32.1 Å². The number of Topliss-reactive ketones (excluding diaryl/α,β-unsaturated/α-hetero) is 1. The Balaban J connectivity index is 0.702. The summed E-state index contributed by atoms with van der Waals surface area (Å²) in [5.74, 6) is -0.223. The summed E-state index contributed by atoms with van der Waals surface area (Å²) in [4.78, 5) is 70.4. The number of aliphatic hydroxyl groups is 1. The molecule has 2 amide bonds. The van der Waals surface area contributed by atoms with Gasteiger partial charge in [-0.3, -0.25) is 28.6 Å². The number of hydrogen-bond acceptors (Lipinski definition) is 18. The van der Waals surface area contributed by atoms with Crippen molar-refractivity contribution >= 4 is 46.1 Å². The molecule has 75 heavy (non-hydrogen) atoms.